The Balaban J connectivity index is 0.00000385. The highest BCUT2D eigenvalue weighted by Crippen LogP contribution is 2.35. The SMILES string of the molecule is COc1cc(OC)c(OC)cc1CN(C)C(=O)C=Cc1cnc2c(c1)CN(C)CC(=O)N2.Cl. The molecule has 1 aliphatic heterocycles. The molecule has 9 nitrogen and oxygen atoms in total. The van der Waals surface area contributed by atoms with Crippen molar-refractivity contribution in [3.05, 3.63) is 47.2 Å². The fourth-order valence-electron chi connectivity index (χ4n) is 3.46. The maximum Gasteiger partial charge on any atom is 0.246 e. The fraction of sp³-hybridized carbons (Fsp3) is 0.348. The first-order valence-electron chi connectivity index (χ1n) is 10.0. The highest BCUT2D eigenvalue weighted by molar-refractivity contribution is 5.93. The molecule has 0 unspecified atom stereocenters. The van der Waals surface area contributed by atoms with E-state index in [0.717, 1.165) is 16.7 Å². The second-order valence-electron chi connectivity index (χ2n) is 7.54. The van der Waals surface area contributed by atoms with Gasteiger partial charge in [0.1, 0.15) is 11.6 Å². The Kier molecular flexibility index (Phi) is 9.07. The van der Waals surface area contributed by atoms with E-state index in [0.29, 0.717) is 42.7 Å². The molecular weight excluding hydrogens is 448 g/mol. The maximum atomic E-state index is 12.7. The Morgan fingerprint density at radius 3 is 2.45 bits per heavy atom. The van der Waals surface area contributed by atoms with Crippen molar-refractivity contribution in [2.24, 2.45) is 0 Å². The van der Waals surface area contributed by atoms with Crippen molar-refractivity contribution in [1.82, 2.24) is 14.8 Å². The third-order valence-electron chi connectivity index (χ3n) is 5.09. The standard InChI is InChI=1S/C23H28N4O5.ClH/c1-26-12-17-8-15(11-24-23(17)25-21(28)14-26)6-7-22(29)27(2)13-16-9-19(31-4)20(32-5)10-18(16)30-3;/h6-11H,12-14H2,1-5H3,(H,24,25,28);1H. The van der Waals surface area contributed by atoms with Gasteiger partial charge in [-0.25, -0.2) is 4.98 Å². The minimum atomic E-state index is -0.179. The molecule has 0 saturated heterocycles. The zero-order chi connectivity index (χ0) is 23.3. The number of carbonyl (C=O) groups excluding carboxylic acids is 2. The predicted octanol–water partition coefficient (Wildman–Crippen LogP) is 2.58. The number of nitrogens with one attached hydrogen (secondary N) is 1. The molecule has 0 atom stereocenters. The Morgan fingerprint density at radius 2 is 1.79 bits per heavy atom. The van der Waals surface area contributed by atoms with E-state index in [1.54, 1.807) is 57.7 Å². The van der Waals surface area contributed by atoms with Crippen molar-refractivity contribution in [2.45, 2.75) is 13.1 Å². The average Bonchev–Trinajstić information content (AvgIpc) is 2.92. The monoisotopic (exact) mass is 476 g/mol. The quantitative estimate of drug-likeness (QED) is 0.614. The summed E-state index contributed by atoms with van der Waals surface area (Å²) in [6, 6.07) is 5.46. The molecule has 0 saturated carbocycles. The molecule has 178 valence electrons. The number of hydrogen-bond donors (Lipinski definition) is 1. The van der Waals surface area contributed by atoms with E-state index in [2.05, 4.69) is 10.3 Å². The molecule has 1 aromatic heterocycles. The molecule has 2 heterocycles. The highest BCUT2D eigenvalue weighted by atomic mass is 35.5. The van der Waals surface area contributed by atoms with Crippen LogP contribution in [0.15, 0.2) is 30.5 Å². The smallest absolute Gasteiger partial charge is 0.246 e. The summed E-state index contributed by atoms with van der Waals surface area (Å²) in [5.74, 6) is 2.01. The zero-order valence-corrected chi connectivity index (χ0v) is 20.2. The van der Waals surface area contributed by atoms with Crippen molar-refractivity contribution < 1.29 is 23.8 Å². The van der Waals surface area contributed by atoms with Crippen molar-refractivity contribution >= 4 is 36.1 Å². The van der Waals surface area contributed by atoms with Crippen LogP contribution in [0.3, 0.4) is 0 Å². The summed E-state index contributed by atoms with van der Waals surface area (Å²) in [5, 5.41) is 2.80. The number of amides is 2. The summed E-state index contributed by atoms with van der Waals surface area (Å²) in [7, 11) is 8.27. The lowest BCUT2D eigenvalue weighted by atomic mass is 10.1. The summed E-state index contributed by atoms with van der Waals surface area (Å²) >= 11 is 0. The van der Waals surface area contributed by atoms with E-state index in [1.165, 1.54) is 6.08 Å². The maximum absolute atomic E-state index is 12.7. The number of hydrogen-bond acceptors (Lipinski definition) is 7. The van der Waals surface area contributed by atoms with Gasteiger partial charge in [0.05, 0.1) is 27.9 Å². The largest absolute Gasteiger partial charge is 0.496 e. The van der Waals surface area contributed by atoms with Crippen LogP contribution in [0.2, 0.25) is 0 Å². The van der Waals surface area contributed by atoms with Crippen molar-refractivity contribution in [2.75, 3.05) is 47.3 Å². The van der Waals surface area contributed by atoms with E-state index in [1.807, 2.05) is 18.0 Å². The second-order valence-corrected chi connectivity index (χ2v) is 7.54. The number of anilines is 1. The number of benzene rings is 1. The van der Waals surface area contributed by atoms with Crippen molar-refractivity contribution in [1.29, 1.82) is 0 Å². The number of methoxy groups -OCH3 is 3. The van der Waals surface area contributed by atoms with Gasteiger partial charge in [-0.3, -0.25) is 14.5 Å². The molecule has 0 radical (unpaired) electrons. The summed E-state index contributed by atoms with van der Waals surface area (Å²) in [5.41, 5.74) is 2.47. The lowest BCUT2D eigenvalue weighted by molar-refractivity contribution is -0.125. The number of fused-ring (bicyclic) bond motifs is 1. The third kappa shape index (κ3) is 6.36. The predicted molar refractivity (Wildman–Crippen MR) is 128 cm³/mol. The van der Waals surface area contributed by atoms with Crippen LogP contribution in [0.5, 0.6) is 17.2 Å². The number of aromatic nitrogens is 1. The van der Waals surface area contributed by atoms with E-state index in [9.17, 15) is 9.59 Å². The van der Waals surface area contributed by atoms with Gasteiger partial charge in [-0.05, 0) is 30.8 Å². The summed E-state index contributed by atoms with van der Waals surface area (Å²) in [6.45, 7) is 1.23. The summed E-state index contributed by atoms with van der Waals surface area (Å²) < 4.78 is 16.1. The first-order chi connectivity index (χ1) is 15.3. The van der Waals surface area contributed by atoms with Crippen LogP contribution in [-0.2, 0) is 22.7 Å². The van der Waals surface area contributed by atoms with Crippen LogP contribution >= 0.6 is 12.4 Å². The van der Waals surface area contributed by atoms with Gasteiger partial charge < -0.3 is 24.4 Å². The van der Waals surface area contributed by atoms with E-state index < -0.39 is 0 Å². The minimum absolute atomic E-state index is 0. The zero-order valence-electron chi connectivity index (χ0n) is 19.4. The van der Waals surface area contributed by atoms with Crippen LogP contribution < -0.4 is 19.5 Å². The van der Waals surface area contributed by atoms with Gasteiger partial charge in [-0.15, -0.1) is 12.4 Å². The first-order valence-corrected chi connectivity index (χ1v) is 10.0. The number of pyridine rings is 1. The van der Waals surface area contributed by atoms with Crippen LogP contribution in [0, 0.1) is 0 Å². The van der Waals surface area contributed by atoms with Gasteiger partial charge in [-0.2, -0.15) is 0 Å². The van der Waals surface area contributed by atoms with Crippen LogP contribution in [-0.4, -0.2) is 68.6 Å². The van der Waals surface area contributed by atoms with E-state index >= 15 is 0 Å². The molecule has 0 bridgehead atoms. The van der Waals surface area contributed by atoms with Gasteiger partial charge in [0, 0.05) is 49.6 Å². The van der Waals surface area contributed by atoms with Gasteiger partial charge in [0.25, 0.3) is 0 Å². The molecule has 2 aromatic rings. The van der Waals surface area contributed by atoms with Gasteiger partial charge in [0.15, 0.2) is 11.5 Å². The Labute approximate surface area is 199 Å². The summed E-state index contributed by atoms with van der Waals surface area (Å²) in [6.07, 6.45) is 4.84. The lowest BCUT2D eigenvalue weighted by Gasteiger charge is -2.19. The molecular formula is C23H29ClN4O5. The molecule has 0 spiro atoms. The van der Waals surface area contributed by atoms with Crippen LogP contribution in [0.4, 0.5) is 5.82 Å². The number of halogens is 1. The molecule has 0 aliphatic carbocycles. The third-order valence-corrected chi connectivity index (χ3v) is 5.09. The molecule has 0 fully saturated rings. The molecule has 1 N–H and O–H groups in total. The van der Waals surface area contributed by atoms with E-state index in [4.69, 9.17) is 14.2 Å². The van der Waals surface area contributed by atoms with Crippen molar-refractivity contribution in [3.8, 4) is 17.2 Å². The minimum Gasteiger partial charge on any atom is -0.496 e. The number of likely N-dealkylation sites (N-methyl/N-ethyl adjacent to an activating group) is 2. The van der Waals surface area contributed by atoms with Crippen LogP contribution in [0.25, 0.3) is 6.08 Å². The molecule has 1 aromatic carbocycles. The topological polar surface area (TPSA) is 93.2 Å². The van der Waals surface area contributed by atoms with Crippen molar-refractivity contribution in [3.63, 3.8) is 0 Å². The highest BCUT2D eigenvalue weighted by Gasteiger charge is 2.18. The molecule has 3 rings (SSSR count). The molecule has 33 heavy (non-hydrogen) atoms. The Hall–Kier alpha value is -3.30. The first kappa shape index (κ1) is 26.0. The molecule has 2 amide bonds. The second kappa shape index (κ2) is 11.5. The van der Waals surface area contributed by atoms with Gasteiger partial charge in [-0.1, -0.05) is 0 Å². The lowest BCUT2D eigenvalue weighted by Crippen LogP contribution is -2.26. The molecule has 1 aliphatic rings. The Bertz CT molecular complexity index is 1040. The number of nitrogens with zero attached hydrogens (tertiary/aromatic N) is 3. The van der Waals surface area contributed by atoms with Gasteiger partial charge >= 0.3 is 0 Å². The van der Waals surface area contributed by atoms with E-state index in [-0.39, 0.29) is 24.2 Å². The number of rotatable bonds is 7. The normalized spacial score (nSPS) is 13.4. The molecule has 10 heteroatoms. The Morgan fingerprint density at radius 1 is 1.12 bits per heavy atom. The summed E-state index contributed by atoms with van der Waals surface area (Å²) in [4.78, 5) is 32.3. The number of carbonyl (C=O) groups is 2. The number of ether oxygens (including phenoxy) is 3. The van der Waals surface area contributed by atoms with Crippen LogP contribution in [0.1, 0.15) is 16.7 Å². The van der Waals surface area contributed by atoms with Gasteiger partial charge in [0.2, 0.25) is 11.8 Å². The fourth-order valence-corrected chi connectivity index (χ4v) is 3.46. The average molecular weight is 477 g/mol.